The van der Waals surface area contributed by atoms with Crippen LogP contribution < -0.4 is 5.32 Å². The summed E-state index contributed by atoms with van der Waals surface area (Å²) < 4.78 is 32.3. The number of hydrogen-bond donors (Lipinski definition) is 1. The summed E-state index contributed by atoms with van der Waals surface area (Å²) in [6.07, 6.45) is 1.62. The van der Waals surface area contributed by atoms with Crippen LogP contribution in [0.5, 0.6) is 0 Å². The zero-order valence-corrected chi connectivity index (χ0v) is 14.9. The maximum Gasteiger partial charge on any atom is 0.407 e. The SMILES string of the molecule is CC(C)(C)OC(=O)N[C@@H](CCc1ccccc1)COS(C)(=O)=O. The molecule has 0 heterocycles. The molecule has 1 amide bonds. The van der Waals surface area contributed by atoms with Crippen LogP contribution in [0.4, 0.5) is 4.79 Å². The van der Waals surface area contributed by atoms with Crippen molar-refractivity contribution in [1.82, 2.24) is 5.32 Å². The van der Waals surface area contributed by atoms with Crippen LogP contribution >= 0.6 is 0 Å². The average Bonchev–Trinajstić information content (AvgIpc) is 2.40. The number of aryl methyl sites for hydroxylation is 1. The quantitative estimate of drug-likeness (QED) is 0.769. The first-order chi connectivity index (χ1) is 10.6. The lowest BCUT2D eigenvalue weighted by atomic mass is 10.1. The maximum absolute atomic E-state index is 11.9. The van der Waals surface area contributed by atoms with Gasteiger partial charge in [-0.15, -0.1) is 0 Å². The molecule has 0 unspecified atom stereocenters. The molecule has 1 rings (SSSR count). The molecule has 0 fully saturated rings. The van der Waals surface area contributed by atoms with E-state index < -0.39 is 27.9 Å². The number of amides is 1. The first kappa shape index (κ1) is 19.4. The molecule has 0 aliphatic carbocycles. The summed E-state index contributed by atoms with van der Waals surface area (Å²) in [7, 11) is -3.57. The largest absolute Gasteiger partial charge is 0.444 e. The number of hydrogen-bond acceptors (Lipinski definition) is 5. The lowest BCUT2D eigenvalue weighted by Crippen LogP contribution is -2.42. The van der Waals surface area contributed by atoms with E-state index in [4.69, 9.17) is 8.92 Å². The first-order valence-corrected chi connectivity index (χ1v) is 9.25. The highest BCUT2D eigenvalue weighted by Crippen LogP contribution is 2.09. The van der Waals surface area contributed by atoms with Crippen molar-refractivity contribution in [2.24, 2.45) is 0 Å². The van der Waals surface area contributed by atoms with E-state index in [1.165, 1.54) is 0 Å². The zero-order valence-electron chi connectivity index (χ0n) is 14.0. The topological polar surface area (TPSA) is 81.7 Å². The molecule has 1 N–H and O–H groups in total. The van der Waals surface area contributed by atoms with E-state index in [1.807, 2.05) is 30.3 Å². The Balaban J connectivity index is 2.62. The van der Waals surface area contributed by atoms with Gasteiger partial charge in [-0.05, 0) is 39.2 Å². The van der Waals surface area contributed by atoms with Crippen LogP contribution in [-0.2, 0) is 25.5 Å². The van der Waals surface area contributed by atoms with E-state index >= 15 is 0 Å². The summed E-state index contributed by atoms with van der Waals surface area (Å²) in [5.41, 5.74) is 0.481. The third-order valence-corrected chi connectivity index (χ3v) is 3.39. The maximum atomic E-state index is 11.9. The molecule has 130 valence electrons. The first-order valence-electron chi connectivity index (χ1n) is 7.43. The number of rotatable bonds is 7. The second kappa shape index (κ2) is 8.31. The minimum absolute atomic E-state index is 0.120. The van der Waals surface area contributed by atoms with Crippen LogP contribution in [0.3, 0.4) is 0 Å². The fraction of sp³-hybridized carbons (Fsp3) is 0.562. The Kier molecular flexibility index (Phi) is 7.02. The Bertz CT molecular complexity index is 593. The predicted molar refractivity (Wildman–Crippen MR) is 88.7 cm³/mol. The van der Waals surface area contributed by atoms with E-state index in [0.717, 1.165) is 11.8 Å². The van der Waals surface area contributed by atoms with Gasteiger partial charge in [-0.3, -0.25) is 4.18 Å². The van der Waals surface area contributed by atoms with Crippen LogP contribution in [0.1, 0.15) is 32.8 Å². The lowest BCUT2D eigenvalue weighted by Gasteiger charge is -2.23. The normalized spacial score (nSPS) is 13.4. The van der Waals surface area contributed by atoms with Gasteiger partial charge in [0.05, 0.1) is 18.9 Å². The highest BCUT2D eigenvalue weighted by molar-refractivity contribution is 7.85. The Morgan fingerprint density at radius 3 is 2.35 bits per heavy atom. The number of carbonyl (C=O) groups excluding carboxylic acids is 1. The van der Waals surface area contributed by atoms with Crippen molar-refractivity contribution in [3.8, 4) is 0 Å². The highest BCUT2D eigenvalue weighted by atomic mass is 32.2. The Morgan fingerprint density at radius 1 is 1.22 bits per heavy atom. The predicted octanol–water partition coefficient (Wildman–Crippen LogP) is 2.49. The van der Waals surface area contributed by atoms with Gasteiger partial charge in [-0.1, -0.05) is 30.3 Å². The highest BCUT2D eigenvalue weighted by Gasteiger charge is 2.20. The van der Waals surface area contributed by atoms with Gasteiger partial charge in [0.1, 0.15) is 5.60 Å². The molecule has 0 spiro atoms. The molecule has 23 heavy (non-hydrogen) atoms. The minimum Gasteiger partial charge on any atom is -0.444 e. The molecule has 0 aliphatic rings. The number of benzene rings is 1. The molecule has 0 bridgehead atoms. The summed E-state index contributed by atoms with van der Waals surface area (Å²) in [6.45, 7) is 5.17. The van der Waals surface area contributed by atoms with Gasteiger partial charge in [0.15, 0.2) is 0 Å². The Labute approximate surface area is 138 Å². The second-order valence-electron chi connectivity index (χ2n) is 6.36. The lowest BCUT2D eigenvalue weighted by molar-refractivity contribution is 0.0485. The van der Waals surface area contributed by atoms with Crippen LogP contribution in [0.25, 0.3) is 0 Å². The van der Waals surface area contributed by atoms with Crippen LogP contribution in [0.2, 0.25) is 0 Å². The van der Waals surface area contributed by atoms with E-state index in [2.05, 4.69) is 5.32 Å². The fourth-order valence-electron chi connectivity index (χ4n) is 1.86. The van der Waals surface area contributed by atoms with Crippen molar-refractivity contribution >= 4 is 16.2 Å². The van der Waals surface area contributed by atoms with Crippen LogP contribution in [0.15, 0.2) is 30.3 Å². The molecular formula is C16H25NO5S. The Morgan fingerprint density at radius 2 is 1.83 bits per heavy atom. The summed E-state index contributed by atoms with van der Waals surface area (Å²) in [5, 5.41) is 2.67. The summed E-state index contributed by atoms with van der Waals surface area (Å²) in [6, 6.07) is 9.27. The number of ether oxygens (including phenoxy) is 1. The van der Waals surface area contributed by atoms with Crippen molar-refractivity contribution in [3.05, 3.63) is 35.9 Å². The van der Waals surface area contributed by atoms with E-state index in [1.54, 1.807) is 20.8 Å². The molecule has 0 aromatic heterocycles. The van der Waals surface area contributed by atoms with Gasteiger partial charge >= 0.3 is 6.09 Å². The van der Waals surface area contributed by atoms with Crippen molar-refractivity contribution < 1.29 is 22.1 Å². The number of nitrogens with one attached hydrogen (secondary N) is 1. The average molecular weight is 343 g/mol. The molecule has 0 saturated carbocycles. The van der Waals surface area contributed by atoms with Gasteiger partial charge in [-0.25, -0.2) is 4.79 Å². The van der Waals surface area contributed by atoms with Gasteiger partial charge in [0.2, 0.25) is 0 Å². The van der Waals surface area contributed by atoms with Crippen LogP contribution in [0, 0.1) is 0 Å². The monoisotopic (exact) mass is 343 g/mol. The number of carbonyl (C=O) groups is 1. The molecular weight excluding hydrogens is 318 g/mol. The van der Waals surface area contributed by atoms with Crippen molar-refractivity contribution in [2.45, 2.75) is 45.3 Å². The summed E-state index contributed by atoms with van der Waals surface area (Å²) in [4.78, 5) is 11.9. The van der Waals surface area contributed by atoms with Crippen molar-refractivity contribution in [2.75, 3.05) is 12.9 Å². The zero-order chi connectivity index (χ0) is 17.5. The van der Waals surface area contributed by atoms with Gasteiger partial charge in [-0.2, -0.15) is 8.42 Å². The van der Waals surface area contributed by atoms with Crippen molar-refractivity contribution in [1.29, 1.82) is 0 Å². The summed E-state index contributed by atoms with van der Waals surface area (Å²) >= 11 is 0. The third kappa shape index (κ3) is 9.91. The molecule has 1 aromatic rings. The third-order valence-electron chi connectivity index (χ3n) is 2.83. The van der Waals surface area contributed by atoms with E-state index in [-0.39, 0.29) is 6.61 Å². The Hall–Kier alpha value is -1.60. The molecule has 1 atom stereocenters. The van der Waals surface area contributed by atoms with Gasteiger partial charge in [0, 0.05) is 0 Å². The molecule has 0 radical (unpaired) electrons. The molecule has 1 aromatic carbocycles. The van der Waals surface area contributed by atoms with Crippen molar-refractivity contribution in [3.63, 3.8) is 0 Å². The molecule has 6 nitrogen and oxygen atoms in total. The molecule has 7 heteroatoms. The number of alkyl carbamates (subject to hydrolysis) is 1. The van der Waals surface area contributed by atoms with Gasteiger partial charge in [0.25, 0.3) is 10.1 Å². The van der Waals surface area contributed by atoms with Crippen LogP contribution in [-0.4, -0.2) is 39.0 Å². The standard InChI is InChI=1S/C16H25NO5S/c1-16(2,3)22-15(18)17-14(12-21-23(4,19)20)11-10-13-8-6-5-7-9-13/h5-9,14H,10-12H2,1-4H3,(H,17,18)/t14-/m0/s1. The minimum atomic E-state index is -3.57. The van der Waals surface area contributed by atoms with E-state index in [0.29, 0.717) is 12.8 Å². The smallest absolute Gasteiger partial charge is 0.407 e. The molecule has 0 aliphatic heterocycles. The van der Waals surface area contributed by atoms with Gasteiger partial charge < -0.3 is 10.1 Å². The fourth-order valence-corrected chi connectivity index (χ4v) is 2.27. The van der Waals surface area contributed by atoms with E-state index in [9.17, 15) is 13.2 Å². The summed E-state index contributed by atoms with van der Waals surface area (Å²) in [5.74, 6) is 0. The molecule has 0 saturated heterocycles. The second-order valence-corrected chi connectivity index (χ2v) is 8.00.